The van der Waals surface area contributed by atoms with Gasteiger partial charge in [0.25, 0.3) is 0 Å². The van der Waals surface area contributed by atoms with Crippen molar-refractivity contribution in [3.63, 3.8) is 0 Å². The van der Waals surface area contributed by atoms with Crippen molar-refractivity contribution in [2.45, 2.75) is 30.3 Å². The van der Waals surface area contributed by atoms with E-state index in [0.717, 1.165) is 51.4 Å². The predicted octanol–water partition coefficient (Wildman–Crippen LogP) is 3.48. The Morgan fingerprint density at radius 1 is 1.11 bits per heavy atom. The number of ether oxygens (including phenoxy) is 1. The van der Waals surface area contributed by atoms with E-state index in [1.54, 1.807) is 0 Å². The van der Waals surface area contributed by atoms with Crippen LogP contribution in [0.5, 0.6) is 0 Å². The molecule has 2 heterocycles. The van der Waals surface area contributed by atoms with Crippen LogP contribution in [-0.2, 0) is 20.9 Å². The molecule has 0 amide bonds. The van der Waals surface area contributed by atoms with Crippen LogP contribution in [0.2, 0.25) is 5.02 Å². The van der Waals surface area contributed by atoms with Crippen LogP contribution in [0.1, 0.15) is 24.8 Å². The van der Waals surface area contributed by atoms with Gasteiger partial charge >= 0.3 is 6.18 Å². The van der Waals surface area contributed by atoms with Crippen LogP contribution < -0.4 is 0 Å². The Kier molecular flexibility index (Phi) is 6.92. The van der Waals surface area contributed by atoms with Crippen LogP contribution in [0.15, 0.2) is 23.1 Å². The first-order valence-corrected chi connectivity index (χ1v) is 11.2. The second kappa shape index (κ2) is 8.87. The van der Waals surface area contributed by atoms with Crippen molar-refractivity contribution >= 4 is 21.6 Å². The first-order chi connectivity index (χ1) is 13.2. The van der Waals surface area contributed by atoms with Crippen LogP contribution >= 0.6 is 11.6 Å². The average molecular weight is 441 g/mol. The van der Waals surface area contributed by atoms with Gasteiger partial charge in [0, 0.05) is 26.2 Å². The van der Waals surface area contributed by atoms with E-state index in [2.05, 4.69) is 4.90 Å². The molecule has 0 bridgehead atoms. The lowest BCUT2D eigenvalue weighted by atomic mass is 9.94. The molecule has 5 nitrogen and oxygen atoms in total. The van der Waals surface area contributed by atoms with E-state index in [1.165, 1.54) is 4.31 Å². The number of benzene rings is 1. The topological polar surface area (TPSA) is 49.9 Å². The summed E-state index contributed by atoms with van der Waals surface area (Å²) in [6.45, 7) is 4.94. The fourth-order valence-electron chi connectivity index (χ4n) is 3.66. The maximum absolute atomic E-state index is 13.0. The lowest BCUT2D eigenvalue weighted by molar-refractivity contribution is -0.137. The Hall–Kier alpha value is -0.870. The van der Waals surface area contributed by atoms with Crippen molar-refractivity contribution in [1.29, 1.82) is 0 Å². The highest BCUT2D eigenvalue weighted by atomic mass is 35.5. The molecule has 158 valence electrons. The van der Waals surface area contributed by atoms with E-state index in [0.29, 0.717) is 37.9 Å². The van der Waals surface area contributed by atoms with E-state index in [-0.39, 0.29) is 4.90 Å². The van der Waals surface area contributed by atoms with Gasteiger partial charge in [-0.1, -0.05) is 11.6 Å². The monoisotopic (exact) mass is 440 g/mol. The molecular formula is C18H24ClF3N2O3S. The van der Waals surface area contributed by atoms with E-state index >= 15 is 0 Å². The van der Waals surface area contributed by atoms with E-state index < -0.39 is 26.8 Å². The highest BCUT2D eigenvalue weighted by molar-refractivity contribution is 7.89. The number of halogens is 4. The van der Waals surface area contributed by atoms with Gasteiger partial charge in [-0.3, -0.25) is 4.90 Å². The van der Waals surface area contributed by atoms with Crippen LogP contribution in [0, 0.1) is 5.92 Å². The molecule has 10 heteroatoms. The second-order valence-electron chi connectivity index (χ2n) is 7.23. The first kappa shape index (κ1) is 21.8. The molecule has 3 rings (SSSR count). The van der Waals surface area contributed by atoms with Crippen LogP contribution in [0.3, 0.4) is 0 Å². The second-order valence-corrected chi connectivity index (χ2v) is 9.57. The van der Waals surface area contributed by atoms with E-state index in [4.69, 9.17) is 16.3 Å². The summed E-state index contributed by atoms with van der Waals surface area (Å²) >= 11 is 5.59. The molecule has 0 spiro atoms. The summed E-state index contributed by atoms with van der Waals surface area (Å²) in [6, 6.07) is 2.76. The van der Waals surface area contributed by atoms with Crippen molar-refractivity contribution in [3.05, 3.63) is 28.8 Å². The summed E-state index contributed by atoms with van der Waals surface area (Å²) in [4.78, 5) is 1.98. The minimum absolute atomic E-state index is 0.320. The van der Waals surface area contributed by atoms with Gasteiger partial charge in [-0.15, -0.1) is 0 Å². The quantitative estimate of drug-likeness (QED) is 0.703. The number of morpholine rings is 1. The number of alkyl halides is 3. The number of sulfonamides is 1. The molecule has 1 aromatic carbocycles. The zero-order chi connectivity index (χ0) is 20.4. The summed E-state index contributed by atoms with van der Waals surface area (Å²) in [5, 5.41) is -0.506. The molecule has 2 aliphatic rings. The van der Waals surface area contributed by atoms with Gasteiger partial charge in [-0.25, -0.2) is 8.42 Å². The predicted molar refractivity (Wildman–Crippen MR) is 99.8 cm³/mol. The molecule has 0 unspecified atom stereocenters. The molecule has 0 aromatic heterocycles. The van der Waals surface area contributed by atoms with E-state index in [9.17, 15) is 21.6 Å². The summed E-state index contributed by atoms with van der Waals surface area (Å²) in [6.07, 6.45) is -2.28. The Balaban J connectivity index is 1.60. The van der Waals surface area contributed by atoms with Gasteiger partial charge in [-0.2, -0.15) is 17.5 Å². The normalized spacial score (nSPS) is 21.1. The fourth-order valence-corrected chi connectivity index (χ4v) is 5.38. The van der Waals surface area contributed by atoms with Gasteiger partial charge in [0.1, 0.15) is 0 Å². The SMILES string of the molecule is O=S(=O)(c1ccc(Cl)c(C(F)(F)F)c1)N1CCC(CCN2CCOCC2)CC1. The number of rotatable bonds is 5. The summed E-state index contributed by atoms with van der Waals surface area (Å²) in [5.74, 6) is 0.422. The Morgan fingerprint density at radius 2 is 1.75 bits per heavy atom. The van der Waals surface area contributed by atoms with Crippen molar-refractivity contribution < 1.29 is 26.3 Å². The first-order valence-electron chi connectivity index (χ1n) is 9.35. The van der Waals surface area contributed by atoms with Crippen molar-refractivity contribution in [1.82, 2.24) is 9.21 Å². The zero-order valence-electron chi connectivity index (χ0n) is 15.4. The highest BCUT2D eigenvalue weighted by Gasteiger charge is 2.36. The van der Waals surface area contributed by atoms with Gasteiger partial charge in [0.05, 0.1) is 28.7 Å². The van der Waals surface area contributed by atoms with Crippen molar-refractivity contribution in [3.8, 4) is 0 Å². The minimum atomic E-state index is -4.70. The lowest BCUT2D eigenvalue weighted by Crippen LogP contribution is -2.40. The van der Waals surface area contributed by atoms with Gasteiger partial charge < -0.3 is 4.74 Å². The maximum atomic E-state index is 13.0. The van der Waals surface area contributed by atoms with Crippen molar-refractivity contribution in [2.75, 3.05) is 45.9 Å². The maximum Gasteiger partial charge on any atom is 0.417 e. The molecule has 2 aliphatic heterocycles. The molecule has 2 saturated heterocycles. The Morgan fingerprint density at radius 3 is 2.36 bits per heavy atom. The molecular weight excluding hydrogens is 417 g/mol. The van der Waals surface area contributed by atoms with Crippen molar-refractivity contribution in [2.24, 2.45) is 5.92 Å². The molecule has 0 saturated carbocycles. The highest BCUT2D eigenvalue weighted by Crippen LogP contribution is 2.37. The summed E-state index contributed by atoms with van der Waals surface area (Å²) < 4.78 is 71.3. The molecule has 28 heavy (non-hydrogen) atoms. The lowest BCUT2D eigenvalue weighted by Gasteiger charge is -2.33. The molecule has 2 fully saturated rings. The molecule has 0 aliphatic carbocycles. The van der Waals surface area contributed by atoms with Crippen LogP contribution in [-0.4, -0.2) is 63.6 Å². The molecule has 0 N–H and O–H groups in total. The number of hydrogen-bond acceptors (Lipinski definition) is 4. The zero-order valence-corrected chi connectivity index (χ0v) is 17.0. The minimum Gasteiger partial charge on any atom is -0.379 e. The summed E-state index contributed by atoms with van der Waals surface area (Å²) in [5.41, 5.74) is -1.13. The van der Waals surface area contributed by atoms with Gasteiger partial charge in [0.15, 0.2) is 0 Å². The van der Waals surface area contributed by atoms with Gasteiger partial charge in [-0.05, 0) is 49.9 Å². The molecule has 0 radical (unpaired) electrons. The molecule has 1 aromatic rings. The van der Waals surface area contributed by atoms with Crippen LogP contribution in [0.25, 0.3) is 0 Å². The number of piperidine rings is 1. The van der Waals surface area contributed by atoms with Crippen LogP contribution in [0.4, 0.5) is 13.2 Å². The third kappa shape index (κ3) is 5.18. The smallest absolute Gasteiger partial charge is 0.379 e. The number of nitrogens with zero attached hydrogens (tertiary/aromatic N) is 2. The molecule has 0 atom stereocenters. The summed E-state index contributed by atoms with van der Waals surface area (Å²) in [7, 11) is -3.97. The number of hydrogen-bond donors (Lipinski definition) is 0. The van der Waals surface area contributed by atoms with E-state index in [1.807, 2.05) is 0 Å². The fraction of sp³-hybridized carbons (Fsp3) is 0.667. The average Bonchev–Trinajstić information content (AvgIpc) is 2.67. The standard InChI is InChI=1S/C18H24ClF3N2O3S/c19-17-2-1-15(13-16(17)18(20,21)22)28(25,26)24-7-4-14(5-8-24)3-6-23-9-11-27-12-10-23/h1-2,13-14H,3-12H2. The Bertz CT molecular complexity index is 775. The third-order valence-corrected chi connectivity index (χ3v) is 7.64. The largest absolute Gasteiger partial charge is 0.417 e. The Labute approximate surface area is 168 Å². The third-order valence-electron chi connectivity index (χ3n) is 5.41. The van der Waals surface area contributed by atoms with Gasteiger partial charge in [0.2, 0.25) is 10.0 Å².